The number of aromatic nitrogens is 1. The molecule has 0 aliphatic heterocycles. The van der Waals surface area contributed by atoms with E-state index >= 15 is 0 Å². The van der Waals surface area contributed by atoms with Crippen LogP contribution in [0.4, 0.5) is 10.5 Å². The number of anilines is 1. The summed E-state index contributed by atoms with van der Waals surface area (Å²) in [4.78, 5) is 15.6. The second kappa shape index (κ2) is 7.70. The first kappa shape index (κ1) is 15.4. The van der Waals surface area contributed by atoms with Gasteiger partial charge in [-0.25, -0.2) is 4.79 Å². The molecule has 0 bridgehead atoms. The van der Waals surface area contributed by atoms with Crippen molar-refractivity contribution in [3.8, 4) is 11.8 Å². The fraction of sp³-hybridized carbons (Fsp3) is 0.176. The zero-order valence-electron chi connectivity index (χ0n) is 12.3. The van der Waals surface area contributed by atoms with Crippen LogP contribution in [0.3, 0.4) is 0 Å². The number of nitrogens with two attached hydrogens (primary N) is 1. The van der Waals surface area contributed by atoms with Crippen LogP contribution >= 0.6 is 0 Å². The SMILES string of the molecule is Cc1ncc(C#CCNC(=O)OCc2ccccc2)cc1N. The van der Waals surface area contributed by atoms with Crippen molar-refractivity contribution in [2.75, 3.05) is 12.3 Å². The Morgan fingerprint density at radius 3 is 2.86 bits per heavy atom. The van der Waals surface area contributed by atoms with Gasteiger partial charge in [0.05, 0.1) is 17.9 Å². The molecular weight excluding hydrogens is 278 g/mol. The van der Waals surface area contributed by atoms with Crippen molar-refractivity contribution in [2.45, 2.75) is 13.5 Å². The van der Waals surface area contributed by atoms with Crippen molar-refractivity contribution in [3.05, 3.63) is 59.4 Å². The van der Waals surface area contributed by atoms with Crippen molar-refractivity contribution in [1.82, 2.24) is 10.3 Å². The van der Waals surface area contributed by atoms with Crippen LogP contribution in [0.2, 0.25) is 0 Å². The molecule has 0 saturated heterocycles. The molecular formula is C17H17N3O2. The molecule has 2 aromatic rings. The number of carbonyl (C=O) groups is 1. The van der Waals surface area contributed by atoms with E-state index in [0.717, 1.165) is 11.3 Å². The molecule has 1 heterocycles. The lowest BCUT2D eigenvalue weighted by Crippen LogP contribution is -2.24. The Bertz CT molecular complexity index is 703. The van der Waals surface area contributed by atoms with Crippen molar-refractivity contribution in [3.63, 3.8) is 0 Å². The number of carbonyl (C=O) groups excluding carboxylic acids is 1. The lowest BCUT2D eigenvalue weighted by Gasteiger charge is -2.04. The molecule has 0 atom stereocenters. The van der Waals surface area contributed by atoms with Gasteiger partial charge in [-0.1, -0.05) is 42.2 Å². The summed E-state index contributed by atoms with van der Waals surface area (Å²) in [7, 11) is 0. The highest BCUT2D eigenvalue weighted by atomic mass is 16.5. The van der Waals surface area contributed by atoms with Gasteiger partial charge >= 0.3 is 6.09 Å². The van der Waals surface area contributed by atoms with Gasteiger partial charge in [0.15, 0.2) is 0 Å². The van der Waals surface area contributed by atoms with Crippen LogP contribution in [0.15, 0.2) is 42.6 Å². The predicted octanol–water partition coefficient (Wildman–Crippen LogP) is 2.25. The van der Waals surface area contributed by atoms with E-state index < -0.39 is 6.09 Å². The summed E-state index contributed by atoms with van der Waals surface area (Å²) in [6, 6.07) is 11.2. The summed E-state index contributed by atoms with van der Waals surface area (Å²) in [5.41, 5.74) is 8.76. The number of pyridine rings is 1. The monoisotopic (exact) mass is 295 g/mol. The topological polar surface area (TPSA) is 77.2 Å². The van der Waals surface area contributed by atoms with Crippen LogP contribution in [0.25, 0.3) is 0 Å². The second-order valence-electron chi connectivity index (χ2n) is 4.62. The van der Waals surface area contributed by atoms with E-state index in [1.54, 1.807) is 12.3 Å². The quantitative estimate of drug-likeness (QED) is 0.851. The third-order valence-corrected chi connectivity index (χ3v) is 2.89. The number of aryl methyl sites for hydroxylation is 1. The maximum atomic E-state index is 11.5. The Kier molecular flexibility index (Phi) is 5.38. The minimum Gasteiger partial charge on any atom is -0.445 e. The molecule has 0 radical (unpaired) electrons. The van der Waals surface area contributed by atoms with Gasteiger partial charge in [0, 0.05) is 11.8 Å². The van der Waals surface area contributed by atoms with Crippen LogP contribution in [0.1, 0.15) is 16.8 Å². The van der Waals surface area contributed by atoms with Crippen molar-refractivity contribution < 1.29 is 9.53 Å². The molecule has 0 aliphatic rings. The van der Waals surface area contributed by atoms with Gasteiger partial charge in [-0.05, 0) is 18.6 Å². The Balaban J connectivity index is 1.75. The number of nitrogens with zero attached hydrogens (tertiary/aromatic N) is 1. The predicted molar refractivity (Wildman–Crippen MR) is 84.9 cm³/mol. The first-order chi connectivity index (χ1) is 10.6. The lowest BCUT2D eigenvalue weighted by atomic mass is 10.2. The molecule has 1 amide bonds. The van der Waals surface area contributed by atoms with Crippen molar-refractivity contribution in [2.24, 2.45) is 0 Å². The van der Waals surface area contributed by atoms with Gasteiger partial charge in [-0.3, -0.25) is 4.98 Å². The molecule has 3 N–H and O–H groups in total. The first-order valence-electron chi connectivity index (χ1n) is 6.80. The standard InChI is InChI=1S/C17H17N3O2/c1-13-16(18)10-15(11-20-13)8-5-9-19-17(21)22-12-14-6-3-2-4-7-14/h2-4,6-7,10-11H,9,12,18H2,1H3,(H,19,21). The van der Waals surface area contributed by atoms with Crippen LogP contribution in [-0.4, -0.2) is 17.6 Å². The zero-order chi connectivity index (χ0) is 15.8. The Hall–Kier alpha value is -3.00. The van der Waals surface area contributed by atoms with Crippen LogP contribution in [0, 0.1) is 18.8 Å². The van der Waals surface area contributed by atoms with E-state index in [1.165, 1.54) is 0 Å². The van der Waals surface area contributed by atoms with Gasteiger partial charge in [0.25, 0.3) is 0 Å². The maximum absolute atomic E-state index is 11.5. The van der Waals surface area contributed by atoms with E-state index in [4.69, 9.17) is 10.5 Å². The molecule has 1 aromatic heterocycles. The largest absolute Gasteiger partial charge is 0.445 e. The molecule has 0 saturated carbocycles. The van der Waals surface area contributed by atoms with Gasteiger partial charge < -0.3 is 15.8 Å². The summed E-state index contributed by atoms with van der Waals surface area (Å²) in [5.74, 6) is 5.70. The lowest BCUT2D eigenvalue weighted by molar-refractivity contribution is 0.141. The molecule has 0 unspecified atom stereocenters. The third kappa shape index (κ3) is 4.84. The Labute approximate surface area is 129 Å². The summed E-state index contributed by atoms with van der Waals surface area (Å²) in [6.07, 6.45) is 1.14. The molecule has 112 valence electrons. The van der Waals surface area contributed by atoms with E-state index in [0.29, 0.717) is 11.3 Å². The average Bonchev–Trinajstić information content (AvgIpc) is 2.54. The fourth-order valence-electron chi connectivity index (χ4n) is 1.66. The zero-order valence-corrected chi connectivity index (χ0v) is 12.3. The number of rotatable bonds is 3. The minimum atomic E-state index is -0.500. The molecule has 22 heavy (non-hydrogen) atoms. The number of amides is 1. The van der Waals surface area contributed by atoms with Crippen molar-refractivity contribution in [1.29, 1.82) is 0 Å². The highest BCUT2D eigenvalue weighted by Gasteiger charge is 2.00. The number of nitrogens with one attached hydrogen (secondary N) is 1. The summed E-state index contributed by atoms with van der Waals surface area (Å²) >= 11 is 0. The molecule has 0 aliphatic carbocycles. The summed E-state index contributed by atoms with van der Waals surface area (Å²) in [6.45, 7) is 2.26. The third-order valence-electron chi connectivity index (χ3n) is 2.89. The number of nitrogen functional groups attached to an aromatic ring is 1. The van der Waals surface area contributed by atoms with E-state index in [9.17, 15) is 4.79 Å². The molecule has 0 spiro atoms. The van der Waals surface area contributed by atoms with Crippen molar-refractivity contribution >= 4 is 11.8 Å². The number of hydrogen-bond acceptors (Lipinski definition) is 4. The fourth-order valence-corrected chi connectivity index (χ4v) is 1.66. The molecule has 5 heteroatoms. The van der Waals surface area contributed by atoms with Crippen LogP contribution < -0.4 is 11.1 Å². The van der Waals surface area contributed by atoms with Gasteiger partial charge in [0.2, 0.25) is 0 Å². The maximum Gasteiger partial charge on any atom is 0.408 e. The number of alkyl carbamates (subject to hydrolysis) is 1. The van der Waals surface area contributed by atoms with Crippen LogP contribution in [0.5, 0.6) is 0 Å². The van der Waals surface area contributed by atoms with E-state index in [-0.39, 0.29) is 13.2 Å². The summed E-state index contributed by atoms with van der Waals surface area (Å²) < 4.78 is 5.07. The van der Waals surface area contributed by atoms with Crippen LogP contribution in [-0.2, 0) is 11.3 Å². The highest BCUT2D eigenvalue weighted by Crippen LogP contribution is 2.08. The minimum absolute atomic E-state index is 0.196. The molecule has 0 fully saturated rings. The number of hydrogen-bond donors (Lipinski definition) is 2. The molecule has 5 nitrogen and oxygen atoms in total. The normalized spacial score (nSPS) is 9.50. The molecule has 1 aromatic carbocycles. The average molecular weight is 295 g/mol. The van der Waals surface area contributed by atoms with Gasteiger partial charge in [-0.2, -0.15) is 0 Å². The molecule has 2 rings (SSSR count). The second-order valence-corrected chi connectivity index (χ2v) is 4.62. The van der Waals surface area contributed by atoms with Gasteiger partial charge in [-0.15, -0.1) is 0 Å². The number of benzene rings is 1. The number of ether oxygens (including phenoxy) is 1. The Morgan fingerprint density at radius 1 is 1.36 bits per heavy atom. The van der Waals surface area contributed by atoms with Gasteiger partial charge in [0.1, 0.15) is 6.61 Å². The Morgan fingerprint density at radius 2 is 2.14 bits per heavy atom. The van der Waals surface area contributed by atoms with E-state index in [1.807, 2.05) is 37.3 Å². The smallest absolute Gasteiger partial charge is 0.408 e. The van der Waals surface area contributed by atoms with E-state index in [2.05, 4.69) is 22.1 Å². The highest BCUT2D eigenvalue weighted by molar-refractivity contribution is 5.67. The first-order valence-corrected chi connectivity index (χ1v) is 6.80. The summed E-state index contributed by atoms with van der Waals surface area (Å²) in [5, 5.41) is 2.56.